The molecule has 0 aliphatic heterocycles. The molecule has 1 aromatic heterocycles. The molecule has 2 rings (SSSR count). The van der Waals surface area contributed by atoms with Crippen molar-refractivity contribution in [1.29, 1.82) is 0 Å². The normalized spacial score (nSPS) is 23.9. The fourth-order valence-electron chi connectivity index (χ4n) is 2.70. The minimum absolute atomic E-state index is 0.0935. The lowest BCUT2D eigenvalue weighted by Crippen LogP contribution is -2.39. The number of carbonyl (C=O) groups is 1. The Morgan fingerprint density at radius 3 is 3.00 bits per heavy atom. The van der Waals surface area contributed by atoms with Crippen LogP contribution in [0.5, 0.6) is 0 Å². The van der Waals surface area contributed by atoms with Gasteiger partial charge in [0.1, 0.15) is 0 Å². The van der Waals surface area contributed by atoms with E-state index in [0.29, 0.717) is 19.0 Å². The molecule has 1 aromatic rings. The number of nitrogens with zero attached hydrogens (tertiary/aromatic N) is 1. The average molecular weight is 250 g/mol. The van der Waals surface area contributed by atoms with Crippen molar-refractivity contribution < 1.29 is 4.79 Å². The molecule has 0 saturated heterocycles. The van der Waals surface area contributed by atoms with Crippen molar-refractivity contribution >= 4 is 5.91 Å². The zero-order chi connectivity index (χ0) is 13.0. The second kappa shape index (κ2) is 6.00. The van der Waals surface area contributed by atoms with E-state index in [1.54, 1.807) is 6.20 Å². The third kappa shape index (κ3) is 2.90. The first-order valence-corrected chi connectivity index (χ1v) is 6.69. The van der Waals surface area contributed by atoms with E-state index in [1.807, 2.05) is 6.92 Å². The first-order valence-electron chi connectivity index (χ1n) is 6.69. The van der Waals surface area contributed by atoms with E-state index in [2.05, 4.69) is 15.5 Å². The fourth-order valence-corrected chi connectivity index (χ4v) is 2.70. The van der Waals surface area contributed by atoms with Crippen LogP contribution in [0.3, 0.4) is 0 Å². The Morgan fingerprint density at radius 1 is 1.56 bits per heavy atom. The van der Waals surface area contributed by atoms with Crippen LogP contribution in [-0.2, 0) is 11.3 Å². The summed E-state index contributed by atoms with van der Waals surface area (Å²) in [5.41, 5.74) is 7.80. The van der Waals surface area contributed by atoms with Gasteiger partial charge in [0.2, 0.25) is 5.91 Å². The topological polar surface area (TPSA) is 83.8 Å². The Bertz CT molecular complexity index is 401. The molecule has 2 atom stereocenters. The summed E-state index contributed by atoms with van der Waals surface area (Å²) in [4.78, 5) is 12.2. The fraction of sp³-hybridized carbons (Fsp3) is 0.692. The summed E-state index contributed by atoms with van der Waals surface area (Å²) in [7, 11) is 0. The van der Waals surface area contributed by atoms with Crippen molar-refractivity contribution in [1.82, 2.24) is 15.5 Å². The van der Waals surface area contributed by atoms with Gasteiger partial charge in [-0.05, 0) is 32.2 Å². The van der Waals surface area contributed by atoms with Crippen LogP contribution in [0.2, 0.25) is 0 Å². The summed E-state index contributed by atoms with van der Waals surface area (Å²) in [6, 6.07) is 0. The molecule has 5 heteroatoms. The quantitative estimate of drug-likeness (QED) is 0.748. The molecule has 0 aromatic carbocycles. The number of carbonyl (C=O) groups excluding carboxylic acids is 1. The molecular weight excluding hydrogens is 228 g/mol. The van der Waals surface area contributed by atoms with Gasteiger partial charge < -0.3 is 11.1 Å². The Morgan fingerprint density at radius 2 is 2.33 bits per heavy atom. The maximum atomic E-state index is 12.2. The van der Waals surface area contributed by atoms with Gasteiger partial charge in [-0.1, -0.05) is 12.8 Å². The number of aryl methyl sites for hydroxylation is 1. The minimum Gasteiger partial charge on any atom is -0.352 e. The number of nitrogens with two attached hydrogens (primary N) is 1. The van der Waals surface area contributed by atoms with E-state index in [9.17, 15) is 4.79 Å². The molecule has 0 spiro atoms. The average Bonchev–Trinajstić information content (AvgIpc) is 2.81. The molecule has 1 aliphatic carbocycles. The number of nitrogens with one attached hydrogen (secondary N) is 2. The van der Waals surface area contributed by atoms with Crippen LogP contribution in [0.4, 0.5) is 0 Å². The van der Waals surface area contributed by atoms with Crippen LogP contribution in [-0.4, -0.2) is 22.6 Å². The Hall–Kier alpha value is -1.36. The third-order valence-electron chi connectivity index (χ3n) is 3.94. The number of aromatic nitrogens is 2. The zero-order valence-electron chi connectivity index (χ0n) is 10.9. The maximum absolute atomic E-state index is 12.2. The largest absolute Gasteiger partial charge is 0.352 e. The molecule has 1 amide bonds. The van der Waals surface area contributed by atoms with Crippen molar-refractivity contribution in [3.63, 3.8) is 0 Å². The molecule has 0 bridgehead atoms. The van der Waals surface area contributed by atoms with Crippen molar-refractivity contribution in [2.45, 2.75) is 39.2 Å². The van der Waals surface area contributed by atoms with Gasteiger partial charge in [-0.2, -0.15) is 5.10 Å². The second-order valence-corrected chi connectivity index (χ2v) is 5.12. The number of rotatable bonds is 4. The van der Waals surface area contributed by atoms with Crippen molar-refractivity contribution in [3.8, 4) is 0 Å². The SMILES string of the molecule is Cc1[nH]ncc1CNC(=O)C1CCCCC1CN. The lowest BCUT2D eigenvalue weighted by molar-refractivity contribution is -0.127. The van der Waals surface area contributed by atoms with E-state index in [0.717, 1.165) is 30.5 Å². The minimum atomic E-state index is 0.0935. The highest BCUT2D eigenvalue weighted by Crippen LogP contribution is 2.29. The van der Waals surface area contributed by atoms with Gasteiger partial charge in [0.25, 0.3) is 0 Å². The smallest absolute Gasteiger partial charge is 0.223 e. The van der Waals surface area contributed by atoms with Crippen molar-refractivity contribution in [3.05, 3.63) is 17.5 Å². The molecule has 2 unspecified atom stereocenters. The summed E-state index contributed by atoms with van der Waals surface area (Å²) in [5.74, 6) is 0.589. The first-order chi connectivity index (χ1) is 8.72. The Labute approximate surface area is 108 Å². The first kappa shape index (κ1) is 13.1. The van der Waals surface area contributed by atoms with Gasteiger partial charge >= 0.3 is 0 Å². The lowest BCUT2D eigenvalue weighted by Gasteiger charge is -2.29. The summed E-state index contributed by atoms with van der Waals surface area (Å²) < 4.78 is 0. The van der Waals surface area contributed by atoms with Gasteiger partial charge in [0.05, 0.1) is 6.20 Å². The van der Waals surface area contributed by atoms with E-state index < -0.39 is 0 Å². The molecule has 18 heavy (non-hydrogen) atoms. The number of hydrogen-bond acceptors (Lipinski definition) is 3. The summed E-state index contributed by atoms with van der Waals surface area (Å²) in [6.07, 6.45) is 6.15. The number of aromatic amines is 1. The lowest BCUT2D eigenvalue weighted by atomic mass is 9.79. The highest BCUT2D eigenvalue weighted by Gasteiger charge is 2.29. The third-order valence-corrected chi connectivity index (χ3v) is 3.94. The monoisotopic (exact) mass is 250 g/mol. The van der Waals surface area contributed by atoms with Crippen LogP contribution in [0.1, 0.15) is 36.9 Å². The molecule has 4 N–H and O–H groups in total. The van der Waals surface area contributed by atoms with Gasteiger partial charge in [-0.15, -0.1) is 0 Å². The molecule has 1 heterocycles. The number of H-pyrrole nitrogens is 1. The summed E-state index contributed by atoms with van der Waals surface area (Å²) in [6.45, 7) is 3.12. The van der Waals surface area contributed by atoms with Crippen molar-refractivity contribution in [2.24, 2.45) is 17.6 Å². The summed E-state index contributed by atoms with van der Waals surface area (Å²) >= 11 is 0. The van der Waals surface area contributed by atoms with Crippen LogP contribution in [0.15, 0.2) is 6.20 Å². The van der Waals surface area contributed by atoms with E-state index in [-0.39, 0.29) is 11.8 Å². The van der Waals surface area contributed by atoms with Crippen LogP contribution in [0, 0.1) is 18.8 Å². The molecule has 1 aliphatic rings. The maximum Gasteiger partial charge on any atom is 0.223 e. The molecular formula is C13H22N4O. The second-order valence-electron chi connectivity index (χ2n) is 5.12. The van der Waals surface area contributed by atoms with E-state index >= 15 is 0 Å². The van der Waals surface area contributed by atoms with E-state index in [1.165, 1.54) is 6.42 Å². The zero-order valence-corrected chi connectivity index (χ0v) is 10.9. The van der Waals surface area contributed by atoms with Gasteiger partial charge in [-0.3, -0.25) is 9.89 Å². The molecule has 1 saturated carbocycles. The van der Waals surface area contributed by atoms with Gasteiger partial charge in [-0.25, -0.2) is 0 Å². The van der Waals surface area contributed by atoms with Crippen LogP contribution in [0.25, 0.3) is 0 Å². The van der Waals surface area contributed by atoms with Crippen LogP contribution >= 0.6 is 0 Å². The number of amides is 1. The summed E-state index contributed by atoms with van der Waals surface area (Å²) in [5, 5.41) is 9.82. The Balaban J connectivity index is 1.89. The molecule has 0 radical (unpaired) electrons. The van der Waals surface area contributed by atoms with Crippen LogP contribution < -0.4 is 11.1 Å². The molecule has 100 valence electrons. The predicted octanol–water partition coefficient (Wildman–Crippen LogP) is 1.10. The highest BCUT2D eigenvalue weighted by molar-refractivity contribution is 5.79. The van der Waals surface area contributed by atoms with E-state index in [4.69, 9.17) is 5.73 Å². The number of hydrogen-bond donors (Lipinski definition) is 3. The van der Waals surface area contributed by atoms with Gasteiger partial charge in [0.15, 0.2) is 0 Å². The van der Waals surface area contributed by atoms with Gasteiger partial charge in [0, 0.05) is 23.7 Å². The molecule has 5 nitrogen and oxygen atoms in total. The molecule has 1 fully saturated rings. The standard InChI is InChI=1S/C13H22N4O/c1-9-11(8-16-17-9)7-15-13(18)12-5-3-2-4-10(12)6-14/h8,10,12H,2-7,14H2,1H3,(H,15,18)(H,16,17). The highest BCUT2D eigenvalue weighted by atomic mass is 16.1. The predicted molar refractivity (Wildman–Crippen MR) is 69.7 cm³/mol. The Kier molecular flexibility index (Phi) is 4.36. The van der Waals surface area contributed by atoms with Crippen molar-refractivity contribution in [2.75, 3.05) is 6.54 Å².